The monoisotopic (exact) mass is 192 g/mol. The minimum atomic E-state index is -0.990. The molecule has 0 bridgehead atoms. The number of carbonyl (C=O) groups is 1. The van der Waals surface area contributed by atoms with Crippen molar-refractivity contribution >= 4 is 5.97 Å². The van der Waals surface area contributed by atoms with Crippen LogP contribution >= 0.6 is 0 Å². The topological polar surface area (TPSA) is 57.5 Å². The van der Waals surface area contributed by atoms with Crippen molar-refractivity contribution in [3.8, 4) is 5.75 Å². The van der Waals surface area contributed by atoms with Crippen molar-refractivity contribution in [2.75, 3.05) is 0 Å². The molecule has 0 saturated heterocycles. The van der Waals surface area contributed by atoms with Gasteiger partial charge >= 0.3 is 5.97 Å². The highest BCUT2D eigenvalue weighted by molar-refractivity contribution is 5.86. The Morgan fingerprint density at radius 3 is 2.64 bits per heavy atom. The minimum absolute atomic E-state index is 0.148. The van der Waals surface area contributed by atoms with Gasteiger partial charge in [-0.3, -0.25) is 0 Å². The fraction of sp³-hybridized carbons (Fsp3) is 0.182. The van der Waals surface area contributed by atoms with Gasteiger partial charge < -0.3 is 10.2 Å². The van der Waals surface area contributed by atoms with Crippen LogP contribution in [0.1, 0.15) is 11.1 Å². The van der Waals surface area contributed by atoms with Gasteiger partial charge in [0.2, 0.25) is 0 Å². The van der Waals surface area contributed by atoms with E-state index in [4.69, 9.17) is 5.11 Å². The summed E-state index contributed by atoms with van der Waals surface area (Å²) in [7, 11) is 0. The lowest BCUT2D eigenvalue weighted by atomic mass is 10.0. The maximum atomic E-state index is 10.5. The first-order valence-corrected chi connectivity index (χ1v) is 4.20. The van der Waals surface area contributed by atoms with E-state index in [0.29, 0.717) is 6.42 Å². The lowest BCUT2D eigenvalue weighted by Crippen LogP contribution is -2.02. The highest BCUT2D eigenvalue weighted by atomic mass is 16.4. The van der Waals surface area contributed by atoms with Crippen LogP contribution in [0.15, 0.2) is 30.4 Å². The molecule has 14 heavy (non-hydrogen) atoms. The predicted molar refractivity (Wildman–Crippen MR) is 53.3 cm³/mol. The molecule has 1 aromatic rings. The van der Waals surface area contributed by atoms with Crippen LogP contribution in [-0.2, 0) is 11.2 Å². The van der Waals surface area contributed by atoms with Gasteiger partial charge in [-0.2, -0.15) is 0 Å². The normalized spacial score (nSPS) is 9.79. The number of phenolic OH excluding ortho intramolecular Hbond substituents is 1. The summed E-state index contributed by atoms with van der Waals surface area (Å²) in [6.45, 7) is 5.21. The summed E-state index contributed by atoms with van der Waals surface area (Å²) in [6, 6.07) is 5.00. The standard InChI is InChI=1S/C11H12O3/c1-7-5-9(3-4-10(7)12)6-8(2)11(13)14/h3-5,12H,2,6H2,1H3,(H,13,14). The molecule has 3 nitrogen and oxygen atoms in total. The van der Waals surface area contributed by atoms with Crippen LogP contribution in [0.4, 0.5) is 0 Å². The van der Waals surface area contributed by atoms with Crippen LogP contribution < -0.4 is 0 Å². The number of carboxylic acids is 1. The minimum Gasteiger partial charge on any atom is -0.508 e. The van der Waals surface area contributed by atoms with Gasteiger partial charge in [0.25, 0.3) is 0 Å². The third-order valence-corrected chi connectivity index (χ3v) is 1.98. The van der Waals surface area contributed by atoms with Crippen molar-refractivity contribution in [1.29, 1.82) is 0 Å². The van der Waals surface area contributed by atoms with Crippen LogP contribution in [-0.4, -0.2) is 16.2 Å². The highest BCUT2D eigenvalue weighted by Crippen LogP contribution is 2.18. The number of aliphatic carboxylic acids is 1. The fourth-order valence-corrected chi connectivity index (χ4v) is 1.15. The van der Waals surface area contributed by atoms with Gasteiger partial charge in [-0.05, 0) is 24.1 Å². The summed E-state index contributed by atoms with van der Waals surface area (Å²) >= 11 is 0. The van der Waals surface area contributed by atoms with E-state index in [2.05, 4.69) is 6.58 Å². The average molecular weight is 192 g/mol. The van der Waals surface area contributed by atoms with Crippen molar-refractivity contribution < 1.29 is 15.0 Å². The molecule has 1 aromatic carbocycles. The third kappa shape index (κ3) is 2.36. The first kappa shape index (κ1) is 10.3. The molecule has 0 amide bonds. The quantitative estimate of drug-likeness (QED) is 0.719. The maximum Gasteiger partial charge on any atom is 0.331 e. The second-order valence-electron chi connectivity index (χ2n) is 3.21. The molecule has 0 unspecified atom stereocenters. The number of carboxylic acid groups (broad SMARTS) is 1. The molecule has 74 valence electrons. The van der Waals surface area contributed by atoms with E-state index in [1.807, 2.05) is 0 Å². The number of aryl methyl sites for hydroxylation is 1. The van der Waals surface area contributed by atoms with Crippen molar-refractivity contribution in [2.45, 2.75) is 13.3 Å². The van der Waals surface area contributed by atoms with E-state index < -0.39 is 5.97 Å². The van der Waals surface area contributed by atoms with Crippen LogP contribution in [0.3, 0.4) is 0 Å². The van der Waals surface area contributed by atoms with Crippen molar-refractivity contribution in [3.05, 3.63) is 41.5 Å². The van der Waals surface area contributed by atoms with E-state index in [-0.39, 0.29) is 11.3 Å². The zero-order valence-corrected chi connectivity index (χ0v) is 7.95. The van der Waals surface area contributed by atoms with E-state index >= 15 is 0 Å². The molecule has 3 heteroatoms. The summed E-state index contributed by atoms with van der Waals surface area (Å²) in [5.74, 6) is -0.773. The van der Waals surface area contributed by atoms with Crippen LogP contribution in [0, 0.1) is 6.92 Å². The fourth-order valence-electron chi connectivity index (χ4n) is 1.15. The van der Waals surface area contributed by atoms with E-state index in [0.717, 1.165) is 11.1 Å². The predicted octanol–water partition coefficient (Wildman–Crippen LogP) is 1.88. The Hall–Kier alpha value is -1.77. The average Bonchev–Trinajstić information content (AvgIpc) is 2.11. The second-order valence-corrected chi connectivity index (χ2v) is 3.21. The number of hydrogen-bond donors (Lipinski definition) is 2. The second kappa shape index (κ2) is 3.96. The van der Waals surface area contributed by atoms with Crippen LogP contribution in [0.25, 0.3) is 0 Å². The maximum absolute atomic E-state index is 10.5. The number of rotatable bonds is 3. The molecule has 0 aliphatic carbocycles. The Morgan fingerprint density at radius 1 is 1.50 bits per heavy atom. The van der Waals surface area contributed by atoms with E-state index in [1.54, 1.807) is 25.1 Å². The van der Waals surface area contributed by atoms with Gasteiger partial charge in [0, 0.05) is 12.0 Å². The number of phenols is 1. The molecule has 0 saturated carbocycles. The number of hydrogen-bond acceptors (Lipinski definition) is 2. The van der Waals surface area contributed by atoms with Gasteiger partial charge in [-0.25, -0.2) is 4.79 Å². The molecular formula is C11H12O3. The summed E-state index contributed by atoms with van der Waals surface area (Å²) in [5, 5.41) is 17.9. The largest absolute Gasteiger partial charge is 0.508 e. The molecule has 0 atom stereocenters. The molecule has 2 N–H and O–H groups in total. The molecular weight excluding hydrogens is 180 g/mol. The van der Waals surface area contributed by atoms with Crippen molar-refractivity contribution in [3.63, 3.8) is 0 Å². The lowest BCUT2D eigenvalue weighted by Gasteiger charge is -2.03. The summed E-state index contributed by atoms with van der Waals surface area (Å²) in [6.07, 6.45) is 0.302. The molecule has 0 radical (unpaired) electrons. The Morgan fingerprint density at radius 2 is 2.14 bits per heavy atom. The van der Waals surface area contributed by atoms with Crippen molar-refractivity contribution in [1.82, 2.24) is 0 Å². The van der Waals surface area contributed by atoms with Gasteiger partial charge in [-0.1, -0.05) is 18.7 Å². The molecule has 0 aliphatic rings. The Kier molecular flexibility index (Phi) is 2.92. The van der Waals surface area contributed by atoms with Crippen LogP contribution in [0.5, 0.6) is 5.75 Å². The van der Waals surface area contributed by atoms with Gasteiger partial charge in [0.1, 0.15) is 5.75 Å². The smallest absolute Gasteiger partial charge is 0.331 e. The Bertz CT molecular complexity index is 380. The SMILES string of the molecule is C=C(Cc1ccc(O)c(C)c1)C(=O)O. The molecule has 0 aliphatic heterocycles. The van der Waals surface area contributed by atoms with Crippen molar-refractivity contribution in [2.24, 2.45) is 0 Å². The first-order chi connectivity index (χ1) is 6.50. The first-order valence-electron chi connectivity index (χ1n) is 4.20. The highest BCUT2D eigenvalue weighted by Gasteiger charge is 2.05. The Labute approximate surface area is 82.3 Å². The summed E-state index contributed by atoms with van der Waals surface area (Å²) in [5.41, 5.74) is 1.73. The zero-order valence-electron chi connectivity index (χ0n) is 7.95. The van der Waals surface area contributed by atoms with E-state index in [1.165, 1.54) is 0 Å². The Balaban J connectivity index is 2.83. The number of aromatic hydroxyl groups is 1. The molecule has 0 aromatic heterocycles. The molecule has 0 fully saturated rings. The molecule has 0 spiro atoms. The van der Waals surface area contributed by atoms with Gasteiger partial charge in [0.15, 0.2) is 0 Å². The van der Waals surface area contributed by atoms with Crippen LogP contribution in [0.2, 0.25) is 0 Å². The van der Waals surface area contributed by atoms with Gasteiger partial charge in [0.05, 0.1) is 0 Å². The van der Waals surface area contributed by atoms with E-state index in [9.17, 15) is 9.90 Å². The third-order valence-electron chi connectivity index (χ3n) is 1.98. The lowest BCUT2D eigenvalue weighted by molar-refractivity contribution is -0.132. The molecule has 1 rings (SSSR count). The number of benzene rings is 1. The van der Waals surface area contributed by atoms with Gasteiger partial charge in [-0.15, -0.1) is 0 Å². The molecule has 0 heterocycles. The summed E-state index contributed by atoms with van der Waals surface area (Å²) in [4.78, 5) is 10.5. The summed E-state index contributed by atoms with van der Waals surface area (Å²) < 4.78 is 0. The zero-order chi connectivity index (χ0) is 10.7.